The maximum atomic E-state index is 13.6. The highest BCUT2D eigenvalue weighted by atomic mass is 32.2. The van der Waals surface area contributed by atoms with Crippen LogP contribution in [0.3, 0.4) is 0 Å². The summed E-state index contributed by atoms with van der Waals surface area (Å²) in [4.78, 5) is 1.98. The fourth-order valence-electron chi connectivity index (χ4n) is 3.82. The van der Waals surface area contributed by atoms with E-state index in [1.165, 1.54) is 0 Å². The number of likely N-dealkylation sites (tertiary alicyclic amines) is 1. The molecule has 1 unspecified atom stereocenters. The Kier molecular flexibility index (Phi) is 6.85. The van der Waals surface area contributed by atoms with E-state index in [0.29, 0.717) is 19.0 Å². The van der Waals surface area contributed by atoms with Crippen molar-refractivity contribution in [2.24, 2.45) is 0 Å². The lowest BCUT2D eigenvalue weighted by Gasteiger charge is -2.18. The van der Waals surface area contributed by atoms with Crippen molar-refractivity contribution in [1.29, 1.82) is 0 Å². The summed E-state index contributed by atoms with van der Waals surface area (Å²) in [5.41, 5.74) is 2.29. The minimum Gasteiger partial charge on any atom is -0.593 e. The molecule has 2 atom stereocenters. The first-order valence-corrected chi connectivity index (χ1v) is 11.4. The molecule has 3 aromatic rings. The van der Waals surface area contributed by atoms with Crippen molar-refractivity contribution in [3.05, 3.63) is 89.7 Å². The van der Waals surface area contributed by atoms with E-state index in [-0.39, 0.29) is 10.9 Å². The predicted octanol–water partition coefficient (Wildman–Crippen LogP) is 5.40. The third kappa shape index (κ3) is 5.69. The largest absolute Gasteiger partial charge is 0.593 e. The molecule has 3 nitrogen and oxygen atoms in total. The van der Waals surface area contributed by atoms with Gasteiger partial charge >= 0.3 is 6.18 Å². The summed E-state index contributed by atoms with van der Waals surface area (Å²) in [5.74, 6) is -1.06. The molecule has 0 amide bonds. The Morgan fingerprint density at radius 1 is 0.969 bits per heavy atom. The molecule has 0 radical (unpaired) electrons. The number of halogens is 4. The van der Waals surface area contributed by atoms with Gasteiger partial charge in [-0.25, -0.2) is 4.39 Å². The molecule has 0 bridgehead atoms. The van der Waals surface area contributed by atoms with Gasteiger partial charge in [-0.1, -0.05) is 54.6 Å². The molecule has 4 rings (SSSR count). The molecule has 3 aromatic carbocycles. The van der Waals surface area contributed by atoms with Crippen LogP contribution in [0.2, 0.25) is 0 Å². The highest BCUT2D eigenvalue weighted by Crippen LogP contribution is 2.31. The van der Waals surface area contributed by atoms with Crippen LogP contribution in [0.5, 0.6) is 0 Å². The molecular formula is C24H22F4N2OS. The molecule has 168 valence electrons. The number of nitrogens with zero attached hydrogens (tertiary/aromatic N) is 1. The minimum absolute atomic E-state index is 0.156. The van der Waals surface area contributed by atoms with E-state index >= 15 is 0 Å². The van der Waals surface area contributed by atoms with Gasteiger partial charge in [-0.2, -0.15) is 13.2 Å². The monoisotopic (exact) mass is 462 g/mol. The van der Waals surface area contributed by atoms with E-state index < -0.39 is 28.9 Å². The van der Waals surface area contributed by atoms with Crippen molar-refractivity contribution < 1.29 is 22.1 Å². The summed E-state index contributed by atoms with van der Waals surface area (Å²) < 4.78 is 67.7. The fourth-order valence-corrected chi connectivity index (χ4v) is 4.90. The Bertz CT molecular complexity index is 1040. The van der Waals surface area contributed by atoms with Crippen LogP contribution < -0.4 is 4.72 Å². The molecule has 8 heteroatoms. The lowest BCUT2D eigenvalue weighted by molar-refractivity contribution is -0.137. The van der Waals surface area contributed by atoms with Crippen molar-refractivity contribution in [1.82, 2.24) is 9.62 Å². The van der Waals surface area contributed by atoms with E-state index in [2.05, 4.69) is 46.0 Å². The van der Waals surface area contributed by atoms with Crippen LogP contribution in [0.15, 0.2) is 77.7 Å². The van der Waals surface area contributed by atoms with Crippen molar-refractivity contribution in [3.8, 4) is 11.1 Å². The van der Waals surface area contributed by atoms with Crippen molar-refractivity contribution in [2.75, 3.05) is 13.1 Å². The van der Waals surface area contributed by atoms with Crippen LogP contribution in [0, 0.1) is 5.82 Å². The maximum Gasteiger partial charge on any atom is 0.416 e. The van der Waals surface area contributed by atoms with Gasteiger partial charge in [-0.05, 0) is 29.2 Å². The summed E-state index contributed by atoms with van der Waals surface area (Å²) in [5, 5.41) is 0. The second-order valence-corrected chi connectivity index (χ2v) is 9.09. The van der Waals surface area contributed by atoms with Gasteiger partial charge in [0.25, 0.3) is 0 Å². The van der Waals surface area contributed by atoms with Gasteiger partial charge in [0.15, 0.2) is 4.90 Å². The summed E-state index contributed by atoms with van der Waals surface area (Å²) in [6.07, 6.45) is -3.99. The Hall–Kier alpha value is -2.39. The van der Waals surface area contributed by atoms with Crippen LogP contribution >= 0.6 is 0 Å². The first kappa shape index (κ1) is 22.8. The molecular weight excluding hydrogens is 440 g/mol. The number of hydrogen-bond acceptors (Lipinski definition) is 3. The first-order chi connectivity index (χ1) is 15.3. The topological polar surface area (TPSA) is 38.3 Å². The average Bonchev–Trinajstić information content (AvgIpc) is 3.20. The van der Waals surface area contributed by atoms with Crippen LogP contribution in [0.1, 0.15) is 17.5 Å². The third-order valence-electron chi connectivity index (χ3n) is 5.43. The number of alkyl halides is 3. The SMILES string of the molecule is [O-][S+](N[C@@H]1CCN(Cc2ccc(-c3ccccc3)cc2)C1)c1cc(F)cc(C(F)(F)F)c1. The average molecular weight is 463 g/mol. The van der Waals surface area contributed by atoms with E-state index in [1.807, 2.05) is 18.2 Å². The van der Waals surface area contributed by atoms with Gasteiger partial charge < -0.3 is 4.55 Å². The van der Waals surface area contributed by atoms with Gasteiger partial charge in [0.1, 0.15) is 5.82 Å². The highest BCUT2D eigenvalue weighted by Gasteiger charge is 2.34. The second-order valence-electron chi connectivity index (χ2n) is 7.84. The molecule has 1 saturated heterocycles. The second kappa shape index (κ2) is 9.62. The minimum atomic E-state index is -4.69. The molecule has 1 fully saturated rings. The normalized spacial score (nSPS) is 18.1. The van der Waals surface area contributed by atoms with Crippen molar-refractivity contribution >= 4 is 11.4 Å². The van der Waals surface area contributed by atoms with Gasteiger partial charge in [-0.3, -0.25) is 4.90 Å². The standard InChI is InChI=1S/C24H22F4N2OS/c25-21-12-20(24(26,27)28)13-23(14-21)32(31)29-22-10-11-30(16-22)15-17-6-8-19(9-7-17)18-4-2-1-3-5-18/h1-9,12-14,22,29H,10-11,15-16H2/t22-,32?/m1/s1. The maximum absolute atomic E-state index is 13.6. The highest BCUT2D eigenvalue weighted by molar-refractivity contribution is 7.89. The van der Waals surface area contributed by atoms with Crippen LogP contribution in [-0.2, 0) is 24.1 Å². The predicted molar refractivity (Wildman–Crippen MR) is 117 cm³/mol. The van der Waals surface area contributed by atoms with Gasteiger partial charge in [0, 0.05) is 31.8 Å². The molecule has 0 spiro atoms. The Morgan fingerprint density at radius 3 is 2.34 bits per heavy atom. The van der Waals surface area contributed by atoms with Gasteiger partial charge in [0.05, 0.1) is 23.0 Å². The molecule has 32 heavy (non-hydrogen) atoms. The molecule has 1 aliphatic heterocycles. The third-order valence-corrected chi connectivity index (χ3v) is 6.64. The number of benzene rings is 3. The molecule has 1 aliphatic rings. The van der Waals surface area contributed by atoms with E-state index in [9.17, 15) is 22.1 Å². The van der Waals surface area contributed by atoms with Crippen molar-refractivity contribution in [2.45, 2.75) is 30.1 Å². The van der Waals surface area contributed by atoms with Crippen LogP contribution in [0.25, 0.3) is 11.1 Å². The zero-order valence-corrected chi connectivity index (χ0v) is 17.9. The van der Waals surface area contributed by atoms with E-state index in [0.717, 1.165) is 41.9 Å². The van der Waals surface area contributed by atoms with Crippen LogP contribution in [-0.4, -0.2) is 28.6 Å². The molecule has 0 aromatic heterocycles. The Labute approximate surface area is 187 Å². The molecule has 1 N–H and O–H groups in total. The number of hydrogen-bond donors (Lipinski definition) is 1. The van der Waals surface area contributed by atoms with E-state index in [1.54, 1.807) is 0 Å². The first-order valence-electron chi connectivity index (χ1n) is 10.2. The van der Waals surface area contributed by atoms with Crippen molar-refractivity contribution in [3.63, 3.8) is 0 Å². The quantitative estimate of drug-likeness (QED) is 0.394. The summed E-state index contributed by atoms with van der Waals surface area (Å²) in [6.45, 7) is 2.10. The Morgan fingerprint density at radius 2 is 1.66 bits per heavy atom. The van der Waals surface area contributed by atoms with Gasteiger partial charge in [0.2, 0.25) is 0 Å². The Balaban J connectivity index is 1.33. The fraction of sp³-hybridized carbons (Fsp3) is 0.250. The number of nitrogens with one attached hydrogen (secondary N) is 1. The summed E-state index contributed by atoms with van der Waals surface area (Å²) in [7, 11) is 0. The summed E-state index contributed by atoms with van der Waals surface area (Å²) >= 11 is -1.93. The summed E-state index contributed by atoms with van der Waals surface area (Å²) in [6, 6.07) is 20.2. The molecule has 0 aliphatic carbocycles. The zero-order valence-electron chi connectivity index (χ0n) is 17.1. The van der Waals surface area contributed by atoms with Crippen LogP contribution in [0.4, 0.5) is 17.6 Å². The molecule has 1 heterocycles. The van der Waals surface area contributed by atoms with E-state index in [4.69, 9.17) is 0 Å². The number of rotatable bonds is 6. The zero-order chi connectivity index (χ0) is 22.7. The lowest BCUT2D eigenvalue weighted by atomic mass is 10.0. The molecule has 0 saturated carbocycles. The van der Waals surface area contributed by atoms with Gasteiger partial charge in [-0.15, -0.1) is 4.72 Å². The smallest absolute Gasteiger partial charge is 0.416 e. The lowest BCUT2D eigenvalue weighted by Crippen LogP contribution is -2.37.